The zero-order chi connectivity index (χ0) is 13.1. The van der Waals surface area contributed by atoms with Crippen molar-refractivity contribution in [1.29, 1.82) is 0 Å². The van der Waals surface area contributed by atoms with E-state index in [2.05, 4.69) is 49.5 Å². The maximum absolute atomic E-state index is 5.55. The predicted octanol–water partition coefficient (Wildman–Crippen LogP) is 3.27. The second-order valence-electron chi connectivity index (χ2n) is 5.13. The zero-order valence-electron chi connectivity index (χ0n) is 11.8. The third-order valence-electron chi connectivity index (χ3n) is 2.92. The van der Waals surface area contributed by atoms with Crippen LogP contribution in [-0.4, -0.2) is 26.3 Å². The van der Waals surface area contributed by atoms with Gasteiger partial charge in [0, 0.05) is 13.2 Å². The smallest absolute Gasteiger partial charge is 0.0590 e. The first-order chi connectivity index (χ1) is 8.79. The first-order valence-electron chi connectivity index (χ1n) is 7.11. The molecule has 0 aliphatic heterocycles. The van der Waals surface area contributed by atoms with Gasteiger partial charge in [0.2, 0.25) is 0 Å². The van der Waals surface area contributed by atoms with E-state index in [-0.39, 0.29) is 0 Å². The number of aryl methyl sites for hydroxylation is 1. The quantitative estimate of drug-likeness (QED) is 0.643. The highest BCUT2D eigenvalue weighted by Crippen LogP contribution is 2.01. The minimum atomic E-state index is 0.740. The van der Waals surface area contributed by atoms with Gasteiger partial charge in [-0.05, 0) is 37.3 Å². The molecule has 0 aromatic heterocycles. The van der Waals surface area contributed by atoms with Gasteiger partial charge in [-0.3, -0.25) is 0 Å². The lowest BCUT2D eigenvalue weighted by atomic mass is 10.1. The molecule has 0 saturated carbocycles. The first-order valence-corrected chi connectivity index (χ1v) is 7.11. The van der Waals surface area contributed by atoms with E-state index in [1.54, 1.807) is 0 Å². The van der Waals surface area contributed by atoms with Crippen molar-refractivity contribution in [1.82, 2.24) is 5.32 Å². The van der Waals surface area contributed by atoms with Crippen LogP contribution in [0.15, 0.2) is 30.3 Å². The second kappa shape index (κ2) is 10.1. The summed E-state index contributed by atoms with van der Waals surface area (Å²) in [7, 11) is 0. The molecule has 0 heterocycles. The summed E-state index contributed by atoms with van der Waals surface area (Å²) >= 11 is 0. The van der Waals surface area contributed by atoms with E-state index >= 15 is 0 Å². The van der Waals surface area contributed by atoms with E-state index in [1.807, 2.05) is 0 Å². The third-order valence-corrected chi connectivity index (χ3v) is 2.92. The molecule has 1 aromatic rings. The van der Waals surface area contributed by atoms with Gasteiger partial charge < -0.3 is 10.1 Å². The molecule has 102 valence electrons. The summed E-state index contributed by atoms with van der Waals surface area (Å²) in [5, 5.41) is 3.42. The van der Waals surface area contributed by atoms with E-state index < -0.39 is 0 Å². The molecule has 0 aliphatic carbocycles. The Morgan fingerprint density at radius 3 is 2.56 bits per heavy atom. The van der Waals surface area contributed by atoms with Gasteiger partial charge in [-0.15, -0.1) is 0 Å². The van der Waals surface area contributed by atoms with Crippen LogP contribution in [-0.2, 0) is 11.2 Å². The van der Waals surface area contributed by atoms with Crippen LogP contribution < -0.4 is 5.32 Å². The lowest BCUT2D eigenvalue weighted by Gasteiger charge is -2.07. The Morgan fingerprint density at radius 1 is 1.06 bits per heavy atom. The van der Waals surface area contributed by atoms with Gasteiger partial charge in [0.25, 0.3) is 0 Å². The minimum Gasteiger partial charge on any atom is -0.380 e. The molecule has 0 saturated heterocycles. The fourth-order valence-corrected chi connectivity index (χ4v) is 1.75. The molecule has 0 radical (unpaired) electrons. The van der Waals surface area contributed by atoms with Crippen molar-refractivity contribution in [2.75, 3.05) is 26.3 Å². The molecule has 2 nitrogen and oxygen atoms in total. The lowest BCUT2D eigenvalue weighted by molar-refractivity contribution is 0.125. The number of benzene rings is 1. The van der Waals surface area contributed by atoms with Crippen molar-refractivity contribution < 1.29 is 4.74 Å². The van der Waals surface area contributed by atoms with Gasteiger partial charge in [0.15, 0.2) is 0 Å². The highest BCUT2D eigenvalue weighted by molar-refractivity contribution is 5.14. The molecule has 0 unspecified atom stereocenters. The van der Waals surface area contributed by atoms with E-state index in [9.17, 15) is 0 Å². The molecule has 0 bridgehead atoms. The topological polar surface area (TPSA) is 21.3 Å². The Kier molecular flexibility index (Phi) is 8.53. The maximum atomic E-state index is 5.55. The number of hydrogen-bond acceptors (Lipinski definition) is 2. The van der Waals surface area contributed by atoms with E-state index in [0.717, 1.165) is 45.1 Å². The molecule has 0 fully saturated rings. The number of ether oxygens (including phenoxy) is 1. The molecule has 18 heavy (non-hydrogen) atoms. The van der Waals surface area contributed by atoms with Crippen LogP contribution in [0, 0.1) is 5.92 Å². The van der Waals surface area contributed by atoms with Crippen molar-refractivity contribution in [2.45, 2.75) is 33.1 Å². The SMILES string of the molecule is CC(C)CCOCCNCCCc1ccccc1. The number of rotatable bonds is 10. The molecule has 0 amide bonds. The van der Waals surface area contributed by atoms with Crippen molar-refractivity contribution >= 4 is 0 Å². The molecule has 1 rings (SSSR count). The Labute approximate surface area is 112 Å². The lowest BCUT2D eigenvalue weighted by Crippen LogP contribution is -2.21. The summed E-state index contributed by atoms with van der Waals surface area (Å²) in [6, 6.07) is 10.6. The second-order valence-corrected chi connectivity index (χ2v) is 5.13. The molecule has 0 spiro atoms. The van der Waals surface area contributed by atoms with Gasteiger partial charge >= 0.3 is 0 Å². The molecule has 1 N–H and O–H groups in total. The summed E-state index contributed by atoms with van der Waals surface area (Å²) in [6.07, 6.45) is 3.51. The van der Waals surface area contributed by atoms with E-state index in [0.29, 0.717) is 0 Å². The van der Waals surface area contributed by atoms with E-state index in [4.69, 9.17) is 4.74 Å². The Morgan fingerprint density at radius 2 is 1.83 bits per heavy atom. The van der Waals surface area contributed by atoms with Crippen LogP contribution >= 0.6 is 0 Å². The van der Waals surface area contributed by atoms with Gasteiger partial charge in [-0.25, -0.2) is 0 Å². The van der Waals surface area contributed by atoms with Gasteiger partial charge in [-0.1, -0.05) is 44.2 Å². The first kappa shape index (κ1) is 15.2. The average Bonchev–Trinajstić information content (AvgIpc) is 2.37. The molecule has 2 heteroatoms. The zero-order valence-corrected chi connectivity index (χ0v) is 11.8. The fraction of sp³-hybridized carbons (Fsp3) is 0.625. The molecular formula is C16H27NO. The van der Waals surface area contributed by atoms with Crippen molar-refractivity contribution in [2.24, 2.45) is 5.92 Å². The van der Waals surface area contributed by atoms with Crippen molar-refractivity contribution in [3.05, 3.63) is 35.9 Å². The minimum absolute atomic E-state index is 0.740. The molecular weight excluding hydrogens is 222 g/mol. The van der Waals surface area contributed by atoms with Crippen LogP contribution in [0.4, 0.5) is 0 Å². The van der Waals surface area contributed by atoms with Gasteiger partial charge in [0.1, 0.15) is 0 Å². The summed E-state index contributed by atoms with van der Waals surface area (Å²) in [5.74, 6) is 0.740. The molecule has 1 aromatic carbocycles. The standard InChI is InChI=1S/C16H27NO/c1-15(2)10-13-18-14-12-17-11-6-9-16-7-4-3-5-8-16/h3-5,7-8,15,17H,6,9-14H2,1-2H3. The van der Waals surface area contributed by atoms with Gasteiger partial charge in [-0.2, -0.15) is 0 Å². The van der Waals surface area contributed by atoms with Crippen molar-refractivity contribution in [3.8, 4) is 0 Å². The molecule has 0 atom stereocenters. The summed E-state index contributed by atoms with van der Waals surface area (Å²) < 4.78 is 5.55. The third kappa shape index (κ3) is 8.26. The van der Waals surface area contributed by atoms with Crippen LogP contribution in [0.3, 0.4) is 0 Å². The number of nitrogens with one attached hydrogen (secondary N) is 1. The maximum Gasteiger partial charge on any atom is 0.0590 e. The monoisotopic (exact) mass is 249 g/mol. The van der Waals surface area contributed by atoms with E-state index in [1.165, 1.54) is 12.0 Å². The largest absolute Gasteiger partial charge is 0.380 e. The highest BCUT2D eigenvalue weighted by atomic mass is 16.5. The van der Waals surface area contributed by atoms with Crippen LogP contribution in [0.5, 0.6) is 0 Å². The fourth-order valence-electron chi connectivity index (χ4n) is 1.75. The van der Waals surface area contributed by atoms with Crippen LogP contribution in [0.2, 0.25) is 0 Å². The predicted molar refractivity (Wildman–Crippen MR) is 77.9 cm³/mol. The average molecular weight is 249 g/mol. The Bertz CT molecular complexity index is 284. The summed E-state index contributed by atoms with van der Waals surface area (Å²) in [6.45, 7) is 8.22. The summed E-state index contributed by atoms with van der Waals surface area (Å²) in [5.41, 5.74) is 1.42. The Balaban J connectivity index is 1.84. The van der Waals surface area contributed by atoms with Gasteiger partial charge in [0.05, 0.1) is 6.61 Å². The Hall–Kier alpha value is -0.860. The molecule has 0 aliphatic rings. The normalized spacial score (nSPS) is 11.1. The summed E-state index contributed by atoms with van der Waals surface area (Å²) in [4.78, 5) is 0. The number of hydrogen-bond donors (Lipinski definition) is 1. The highest BCUT2D eigenvalue weighted by Gasteiger charge is 1.94. The van der Waals surface area contributed by atoms with Crippen LogP contribution in [0.25, 0.3) is 0 Å². The van der Waals surface area contributed by atoms with Crippen LogP contribution in [0.1, 0.15) is 32.3 Å². The van der Waals surface area contributed by atoms with Crippen molar-refractivity contribution in [3.63, 3.8) is 0 Å².